The van der Waals surface area contributed by atoms with Crippen molar-refractivity contribution in [3.05, 3.63) is 0 Å². The van der Waals surface area contributed by atoms with Gasteiger partial charge in [0.1, 0.15) is 0 Å². The Labute approximate surface area is 104 Å². The van der Waals surface area contributed by atoms with Crippen LogP contribution >= 0.6 is 0 Å². The molecule has 1 rings (SSSR count). The summed E-state index contributed by atoms with van der Waals surface area (Å²) in [4.78, 5) is 0. The minimum absolute atomic E-state index is 0.508. The molecule has 0 aromatic rings. The summed E-state index contributed by atoms with van der Waals surface area (Å²) in [6, 6.07) is 0. The Morgan fingerprint density at radius 3 is 2.21 bits per heavy atom. The summed E-state index contributed by atoms with van der Waals surface area (Å²) in [6.45, 7) is 4.81. The van der Waals surface area contributed by atoms with E-state index in [1.807, 2.05) is 0 Å². The average molecular weight is 296 g/mol. The van der Waals surface area contributed by atoms with Gasteiger partial charge in [-0.25, -0.2) is 0 Å². The average Bonchev–Trinajstić information content (AvgIpc) is 2.15. The van der Waals surface area contributed by atoms with Gasteiger partial charge in [-0.05, 0) is 0 Å². The van der Waals surface area contributed by atoms with E-state index in [0.717, 1.165) is 15.8 Å². The molecule has 0 aliphatic heterocycles. The molecule has 1 aliphatic carbocycles. The van der Waals surface area contributed by atoms with Gasteiger partial charge in [-0.1, -0.05) is 0 Å². The minimum atomic E-state index is 0.508. The van der Waals surface area contributed by atoms with Gasteiger partial charge in [0.05, 0.1) is 0 Å². The van der Waals surface area contributed by atoms with E-state index in [2.05, 4.69) is 13.8 Å². The maximum absolute atomic E-state index is 5.92. The first kappa shape index (κ1) is 12.9. The van der Waals surface area contributed by atoms with E-state index in [-0.39, 0.29) is 0 Å². The molecule has 2 unspecified atom stereocenters. The summed E-state index contributed by atoms with van der Waals surface area (Å²) in [6.07, 6.45) is 8.17. The van der Waals surface area contributed by atoms with Crippen LogP contribution in [0.4, 0.5) is 0 Å². The molecule has 1 saturated carbocycles. The zero-order valence-electron chi connectivity index (χ0n) is 9.63. The van der Waals surface area contributed by atoms with Crippen LogP contribution in [0, 0.1) is 11.8 Å². The number of rotatable bonds is 4. The molecule has 0 bridgehead atoms. The first-order valence-corrected chi connectivity index (χ1v) is 7.71. The molecule has 0 aromatic heterocycles. The zero-order chi connectivity index (χ0) is 10.6. The second-order valence-corrected chi connectivity index (χ2v) is 7.94. The van der Waals surface area contributed by atoms with Crippen molar-refractivity contribution in [3.8, 4) is 0 Å². The molecular weight excluding hydrogens is 274 g/mol. The molecule has 0 saturated heterocycles. The zero-order valence-corrected chi connectivity index (χ0v) is 12.5. The summed E-state index contributed by atoms with van der Waals surface area (Å²) in [7, 11) is 5.92. The molecule has 14 heavy (non-hydrogen) atoms. The van der Waals surface area contributed by atoms with Gasteiger partial charge in [-0.3, -0.25) is 0 Å². The van der Waals surface area contributed by atoms with E-state index in [1.165, 1.54) is 38.5 Å². The quantitative estimate of drug-likeness (QED) is 0.696. The molecule has 1 aliphatic rings. The van der Waals surface area contributed by atoms with Crippen molar-refractivity contribution in [1.29, 1.82) is 0 Å². The Morgan fingerprint density at radius 2 is 1.71 bits per heavy atom. The van der Waals surface area contributed by atoms with Gasteiger partial charge >= 0.3 is 104 Å². The van der Waals surface area contributed by atoms with Crippen LogP contribution in [-0.4, -0.2) is 30.4 Å². The first-order chi connectivity index (χ1) is 6.59. The van der Waals surface area contributed by atoms with Crippen LogP contribution in [0.15, 0.2) is 0 Å². The fourth-order valence-electron chi connectivity index (χ4n) is 2.46. The van der Waals surface area contributed by atoms with Crippen molar-refractivity contribution in [2.24, 2.45) is 11.8 Å². The predicted molar refractivity (Wildman–Crippen MR) is 65.0 cm³/mol. The molecule has 0 spiro atoms. The third-order valence-electron chi connectivity index (χ3n) is 3.68. The van der Waals surface area contributed by atoms with Gasteiger partial charge in [-0.15, -0.1) is 0 Å². The van der Waals surface area contributed by atoms with Crippen LogP contribution in [0.1, 0.15) is 52.4 Å². The molecule has 0 heterocycles. The standard InChI is InChI=1S/C12H22B.Sn/c1-3-4-5-10(2)11-6-8-12(13)9-7-11;/h3,10-12H,4-9H2,1-2H3;. The van der Waals surface area contributed by atoms with Crippen molar-refractivity contribution in [3.63, 3.8) is 0 Å². The molecule has 77 valence electrons. The molecule has 0 nitrogen and oxygen atoms in total. The van der Waals surface area contributed by atoms with Crippen LogP contribution < -0.4 is 0 Å². The second-order valence-electron chi connectivity index (χ2n) is 5.13. The van der Waals surface area contributed by atoms with Crippen LogP contribution in [0.5, 0.6) is 0 Å². The van der Waals surface area contributed by atoms with Gasteiger partial charge in [0, 0.05) is 0 Å². The second kappa shape index (κ2) is 6.45. The Balaban J connectivity index is 2.20. The van der Waals surface area contributed by atoms with Crippen molar-refractivity contribution in [1.82, 2.24) is 0 Å². The Hall–Kier alpha value is 0.864. The van der Waals surface area contributed by atoms with Crippen molar-refractivity contribution >= 4 is 30.4 Å². The number of hydrogen-bond donors (Lipinski definition) is 0. The van der Waals surface area contributed by atoms with E-state index in [9.17, 15) is 0 Å². The molecular formula is C12H22BSn. The maximum atomic E-state index is 5.92. The van der Waals surface area contributed by atoms with Crippen LogP contribution in [0.25, 0.3) is 0 Å². The Kier molecular flexibility index (Phi) is 5.95. The van der Waals surface area contributed by atoms with Gasteiger partial charge in [0.15, 0.2) is 0 Å². The van der Waals surface area contributed by atoms with Crippen LogP contribution in [-0.2, 0) is 0 Å². The summed E-state index contributed by atoms with van der Waals surface area (Å²) in [5.41, 5.74) is 0. The van der Waals surface area contributed by atoms with E-state index in [1.54, 1.807) is 22.5 Å². The molecule has 1 fully saturated rings. The SMILES string of the molecule is [B]C1CCC(C(C)CC[CH](C)[Sn])CC1. The molecule has 0 amide bonds. The summed E-state index contributed by atoms with van der Waals surface area (Å²) in [5.74, 6) is 2.42. The predicted octanol–water partition coefficient (Wildman–Crippen LogP) is 3.53. The summed E-state index contributed by atoms with van der Waals surface area (Å²) in [5, 5.41) is 0. The first-order valence-electron chi connectivity index (χ1n) is 6.06. The summed E-state index contributed by atoms with van der Waals surface area (Å²) >= 11 is 1.70. The van der Waals surface area contributed by atoms with Crippen molar-refractivity contribution in [2.75, 3.05) is 0 Å². The van der Waals surface area contributed by atoms with Crippen LogP contribution in [0.3, 0.4) is 0 Å². The van der Waals surface area contributed by atoms with Gasteiger partial charge in [0.25, 0.3) is 0 Å². The Morgan fingerprint density at radius 1 is 1.14 bits per heavy atom. The number of hydrogen-bond acceptors (Lipinski definition) is 0. The molecule has 2 atom stereocenters. The molecule has 5 radical (unpaired) electrons. The van der Waals surface area contributed by atoms with E-state index < -0.39 is 0 Å². The van der Waals surface area contributed by atoms with Crippen molar-refractivity contribution < 1.29 is 0 Å². The van der Waals surface area contributed by atoms with Gasteiger partial charge in [0.2, 0.25) is 0 Å². The summed E-state index contributed by atoms with van der Waals surface area (Å²) < 4.78 is 0.954. The Bertz CT molecular complexity index is 150. The molecule has 0 N–H and O–H groups in total. The van der Waals surface area contributed by atoms with E-state index >= 15 is 0 Å². The molecule has 2 heteroatoms. The van der Waals surface area contributed by atoms with Crippen molar-refractivity contribution in [2.45, 2.75) is 62.1 Å². The van der Waals surface area contributed by atoms with Crippen LogP contribution in [0.2, 0.25) is 9.75 Å². The third-order valence-corrected chi connectivity index (χ3v) is 4.50. The topological polar surface area (TPSA) is 0 Å². The normalized spacial score (nSPS) is 32.5. The fraction of sp³-hybridized carbons (Fsp3) is 1.00. The van der Waals surface area contributed by atoms with E-state index in [4.69, 9.17) is 7.85 Å². The third kappa shape index (κ3) is 4.59. The van der Waals surface area contributed by atoms with E-state index in [0.29, 0.717) is 5.82 Å². The fourth-order valence-corrected chi connectivity index (χ4v) is 2.94. The molecule has 0 aromatic carbocycles. The van der Waals surface area contributed by atoms with Gasteiger partial charge in [-0.2, -0.15) is 0 Å². The monoisotopic (exact) mass is 297 g/mol. The van der Waals surface area contributed by atoms with Gasteiger partial charge < -0.3 is 0 Å².